The first-order chi connectivity index (χ1) is 10.1. The number of unbranched alkanes of at least 4 members (excludes halogenated alkanes) is 3. The molecule has 0 aromatic rings. The van der Waals surface area contributed by atoms with Crippen LogP contribution in [0.25, 0.3) is 0 Å². The van der Waals surface area contributed by atoms with Crippen LogP contribution in [0.2, 0.25) is 0 Å². The summed E-state index contributed by atoms with van der Waals surface area (Å²) in [6, 6.07) is 0. The number of rotatable bonds is 11. The van der Waals surface area contributed by atoms with E-state index in [1.54, 1.807) is 0 Å². The van der Waals surface area contributed by atoms with Crippen molar-refractivity contribution in [2.24, 2.45) is 5.41 Å². The van der Waals surface area contributed by atoms with Crippen LogP contribution >= 0.6 is 0 Å². The zero-order valence-corrected chi connectivity index (χ0v) is 17.1. The topological polar surface area (TPSA) is 132 Å². The van der Waals surface area contributed by atoms with E-state index < -0.39 is 38.6 Å². The van der Waals surface area contributed by atoms with Gasteiger partial charge in [-0.1, -0.05) is 46.5 Å². The van der Waals surface area contributed by atoms with Gasteiger partial charge in [0.1, 0.15) is 10.1 Å². The number of carbonyl (C=O) groups is 2. The summed E-state index contributed by atoms with van der Waals surface area (Å²) in [6.07, 6.45) is 1.34. The van der Waals surface area contributed by atoms with Crippen molar-refractivity contribution in [2.75, 3.05) is 0 Å². The molecule has 7 nitrogen and oxygen atoms in total. The van der Waals surface area contributed by atoms with Crippen molar-refractivity contribution in [1.82, 2.24) is 0 Å². The molecular weight excluding hydrogens is 335 g/mol. The van der Waals surface area contributed by atoms with Gasteiger partial charge in [0.05, 0.1) is 5.41 Å². The Morgan fingerprint density at radius 3 is 1.70 bits per heavy atom. The summed E-state index contributed by atoms with van der Waals surface area (Å²) in [5.41, 5.74) is -2.13. The van der Waals surface area contributed by atoms with Crippen molar-refractivity contribution in [3.8, 4) is 0 Å². The largest absolute Gasteiger partial charge is 1.00 e. The first-order valence-electron chi connectivity index (χ1n) is 7.49. The zero-order valence-electron chi connectivity index (χ0n) is 14.3. The summed E-state index contributed by atoms with van der Waals surface area (Å²) in [5, 5.41) is 19.0. The van der Waals surface area contributed by atoms with Crippen molar-refractivity contribution < 1.29 is 62.3 Å². The second kappa shape index (κ2) is 9.98. The molecule has 130 valence electrons. The molecular formula is C14H25NaO7S. The van der Waals surface area contributed by atoms with Crippen LogP contribution in [0.4, 0.5) is 0 Å². The maximum absolute atomic E-state index is 11.8. The number of carboxylic acids is 2. The van der Waals surface area contributed by atoms with Gasteiger partial charge in [-0.05, 0) is 19.3 Å². The van der Waals surface area contributed by atoms with E-state index in [0.717, 1.165) is 12.8 Å². The molecule has 23 heavy (non-hydrogen) atoms. The quantitative estimate of drug-likeness (QED) is 0.281. The minimum atomic E-state index is -5.37. The second-order valence-corrected chi connectivity index (χ2v) is 7.10. The van der Waals surface area contributed by atoms with Crippen LogP contribution in [0.15, 0.2) is 0 Å². The molecule has 0 aliphatic carbocycles. The molecule has 0 fully saturated rings. The molecule has 0 aromatic carbocycles. The molecule has 0 aromatic heterocycles. The minimum Gasteiger partial charge on any atom is -0.747 e. The van der Waals surface area contributed by atoms with Gasteiger partial charge in [0, 0.05) is 0 Å². The van der Waals surface area contributed by atoms with Crippen LogP contribution in [0.1, 0.15) is 65.7 Å². The van der Waals surface area contributed by atoms with Gasteiger partial charge >= 0.3 is 41.5 Å². The van der Waals surface area contributed by atoms with E-state index in [2.05, 4.69) is 0 Å². The Morgan fingerprint density at radius 2 is 1.43 bits per heavy atom. The summed E-state index contributed by atoms with van der Waals surface area (Å²) in [6.45, 7) is 4.72. The van der Waals surface area contributed by atoms with E-state index in [4.69, 9.17) is 0 Å². The van der Waals surface area contributed by atoms with E-state index in [1.165, 1.54) is 13.8 Å². The molecule has 0 bridgehead atoms. The van der Waals surface area contributed by atoms with E-state index >= 15 is 0 Å². The fourth-order valence-corrected chi connectivity index (χ4v) is 4.58. The molecule has 2 N–H and O–H groups in total. The monoisotopic (exact) mass is 360 g/mol. The first-order valence-corrected chi connectivity index (χ1v) is 8.90. The predicted molar refractivity (Wildman–Crippen MR) is 79.5 cm³/mol. The molecule has 0 rings (SSSR count). The van der Waals surface area contributed by atoms with Crippen LogP contribution in [-0.4, -0.2) is 39.9 Å². The third kappa shape index (κ3) is 4.69. The third-order valence-electron chi connectivity index (χ3n) is 4.54. The molecule has 0 saturated heterocycles. The van der Waals surface area contributed by atoms with Gasteiger partial charge in [-0.2, -0.15) is 0 Å². The number of carboxylic acid groups (broad SMARTS) is 2. The van der Waals surface area contributed by atoms with Crippen molar-refractivity contribution in [3.05, 3.63) is 0 Å². The Hall–Kier alpha value is -0.150. The standard InChI is InChI=1S/C14H26O7S.Na/c1-4-7-8-9-10-14(12(17)18,22(19,20)21)13(5-2,6-3)11(15)16;/h4-10H2,1-3H3,(H,15,16)(H,17,18)(H,19,20,21);/q;+1/p-1. The average molecular weight is 360 g/mol. The SMILES string of the molecule is CCCCCCC(C(=O)O)(C(CC)(CC)C(=O)O)S(=O)(=O)[O-].[Na+]. The molecule has 1 atom stereocenters. The zero-order chi connectivity index (χ0) is 17.6. The molecule has 0 aliphatic heterocycles. The van der Waals surface area contributed by atoms with Gasteiger partial charge in [0.15, 0.2) is 4.75 Å². The smallest absolute Gasteiger partial charge is 0.747 e. The molecule has 1 unspecified atom stereocenters. The van der Waals surface area contributed by atoms with Gasteiger partial charge in [-0.25, -0.2) is 8.42 Å². The predicted octanol–water partition coefficient (Wildman–Crippen LogP) is -0.780. The van der Waals surface area contributed by atoms with Crippen LogP contribution in [0, 0.1) is 5.41 Å². The first kappa shape index (κ1) is 25.1. The Morgan fingerprint density at radius 1 is 0.957 bits per heavy atom. The van der Waals surface area contributed by atoms with Crippen molar-refractivity contribution in [3.63, 3.8) is 0 Å². The summed E-state index contributed by atoms with van der Waals surface area (Å²) >= 11 is 0. The van der Waals surface area contributed by atoms with E-state index in [9.17, 15) is 32.8 Å². The van der Waals surface area contributed by atoms with Gasteiger partial charge in [0.2, 0.25) is 0 Å². The maximum Gasteiger partial charge on any atom is 1.00 e. The fraction of sp³-hybridized carbons (Fsp3) is 0.857. The van der Waals surface area contributed by atoms with Crippen molar-refractivity contribution in [1.29, 1.82) is 0 Å². The van der Waals surface area contributed by atoms with Crippen molar-refractivity contribution in [2.45, 2.75) is 70.5 Å². The summed E-state index contributed by atoms with van der Waals surface area (Å²) in [5.74, 6) is -3.43. The van der Waals surface area contributed by atoms with Crippen LogP contribution < -0.4 is 29.6 Å². The molecule has 0 heterocycles. The van der Waals surface area contributed by atoms with Gasteiger partial charge in [-0.3, -0.25) is 9.59 Å². The molecule has 0 radical (unpaired) electrons. The molecule has 0 amide bonds. The number of aliphatic carboxylic acids is 2. The maximum atomic E-state index is 11.8. The molecule has 0 saturated carbocycles. The molecule has 0 aliphatic rings. The van der Waals surface area contributed by atoms with Crippen LogP contribution in [0.3, 0.4) is 0 Å². The van der Waals surface area contributed by atoms with Crippen LogP contribution in [0.5, 0.6) is 0 Å². The van der Waals surface area contributed by atoms with Crippen LogP contribution in [-0.2, 0) is 19.7 Å². The summed E-state index contributed by atoms with van der Waals surface area (Å²) in [7, 11) is -5.37. The van der Waals surface area contributed by atoms with E-state index in [1.807, 2.05) is 6.92 Å². The van der Waals surface area contributed by atoms with Gasteiger partial charge < -0.3 is 14.8 Å². The fourth-order valence-electron chi connectivity index (χ4n) is 3.12. The normalized spacial score (nSPS) is 14.6. The van der Waals surface area contributed by atoms with E-state index in [0.29, 0.717) is 6.42 Å². The van der Waals surface area contributed by atoms with Gasteiger partial charge in [0.25, 0.3) is 0 Å². The van der Waals surface area contributed by atoms with Crippen molar-refractivity contribution >= 4 is 22.1 Å². The Kier molecular flexibility index (Phi) is 10.9. The van der Waals surface area contributed by atoms with Gasteiger partial charge in [-0.15, -0.1) is 0 Å². The number of hydrogen-bond donors (Lipinski definition) is 2. The molecule has 9 heteroatoms. The van der Waals surface area contributed by atoms with E-state index in [-0.39, 0.29) is 48.8 Å². The summed E-state index contributed by atoms with van der Waals surface area (Å²) < 4.78 is 32.6. The third-order valence-corrected chi connectivity index (χ3v) is 6.17. The minimum absolute atomic E-state index is 0. The Bertz CT molecular complexity index is 499. The molecule has 0 spiro atoms. The number of hydrogen-bond acceptors (Lipinski definition) is 5. The Balaban J connectivity index is 0. The average Bonchev–Trinajstić information content (AvgIpc) is 2.40. The Labute approximate surface area is 159 Å². The second-order valence-electron chi connectivity index (χ2n) is 5.49. The summed E-state index contributed by atoms with van der Waals surface area (Å²) in [4.78, 5) is 23.5.